The Balaban J connectivity index is 1.70. The van der Waals surface area contributed by atoms with E-state index < -0.39 is 10.0 Å². The summed E-state index contributed by atoms with van der Waals surface area (Å²) in [6, 6.07) is 12.1. The predicted octanol–water partition coefficient (Wildman–Crippen LogP) is 3.03. The fraction of sp³-hybridized carbons (Fsp3) is 0.435. The number of sulfonamides is 1. The van der Waals surface area contributed by atoms with Crippen LogP contribution in [0.15, 0.2) is 47.4 Å². The molecular weight excluding hydrogens is 432 g/mol. The molecule has 0 saturated carbocycles. The third-order valence-corrected chi connectivity index (χ3v) is 7.18. The first-order chi connectivity index (χ1) is 15.3. The minimum absolute atomic E-state index is 0.0263. The molecule has 1 aliphatic heterocycles. The normalized spacial score (nSPS) is 15.0. The second-order valence-corrected chi connectivity index (χ2v) is 9.76. The highest BCUT2D eigenvalue weighted by molar-refractivity contribution is 7.89. The van der Waals surface area contributed by atoms with Crippen LogP contribution in [-0.2, 0) is 10.0 Å². The molecule has 0 N–H and O–H groups in total. The molecule has 0 spiro atoms. The zero-order chi connectivity index (χ0) is 23.3. The van der Waals surface area contributed by atoms with Crippen molar-refractivity contribution in [1.29, 1.82) is 0 Å². The lowest BCUT2D eigenvalue weighted by Crippen LogP contribution is -2.41. The smallest absolute Gasteiger partial charge is 0.253 e. The molecule has 32 heavy (non-hydrogen) atoms. The first-order valence-corrected chi connectivity index (χ1v) is 12.0. The highest BCUT2D eigenvalue weighted by Crippen LogP contribution is 2.30. The number of likely N-dealkylation sites (tertiary alicyclic amines) is 1. The standard InChI is InChI=1S/C23H30N2O6S/c1-5-30-19-8-6-7-9-20(19)31-18-12-14-25(15-13-18)23(26)17-10-11-21(29-4)22(16-17)32(27,28)24(2)3/h6-11,16,18H,5,12-15H2,1-4H3. The Hall–Kier alpha value is -2.78. The van der Waals surface area contributed by atoms with Gasteiger partial charge in [0.1, 0.15) is 16.7 Å². The lowest BCUT2D eigenvalue weighted by molar-refractivity contribution is 0.0589. The lowest BCUT2D eigenvalue weighted by atomic mass is 10.1. The van der Waals surface area contributed by atoms with Gasteiger partial charge in [0.15, 0.2) is 11.5 Å². The lowest BCUT2D eigenvalue weighted by Gasteiger charge is -2.32. The van der Waals surface area contributed by atoms with Crippen molar-refractivity contribution in [2.24, 2.45) is 0 Å². The Bertz CT molecular complexity index is 1050. The Morgan fingerprint density at radius 3 is 2.31 bits per heavy atom. The molecule has 0 aliphatic carbocycles. The molecule has 0 bridgehead atoms. The van der Waals surface area contributed by atoms with Crippen LogP contribution in [0.5, 0.6) is 17.2 Å². The van der Waals surface area contributed by atoms with E-state index in [1.54, 1.807) is 11.0 Å². The molecule has 174 valence electrons. The third-order valence-electron chi connectivity index (χ3n) is 5.34. The summed E-state index contributed by atoms with van der Waals surface area (Å²) in [5, 5.41) is 0. The van der Waals surface area contributed by atoms with Gasteiger partial charge in [0.2, 0.25) is 10.0 Å². The van der Waals surface area contributed by atoms with Crippen LogP contribution in [0.25, 0.3) is 0 Å². The number of rotatable bonds is 8. The van der Waals surface area contributed by atoms with Crippen LogP contribution in [0, 0.1) is 0 Å². The van der Waals surface area contributed by atoms with Crippen LogP contribution in [0.3, 0.4) is 0 Å². The van der Waals surface area contributed by atoms with E-state index >= 15 is 0 Å². The summed E-state index contributed by atoms with van der Waals surface area (Å²) < 4.78 is 43.3. The molecule has 0 atom stereocenters. The molecule has 1 heterocycles. The molecule has 0 unspecified atom stereocenters. The van der Waals surface area contributed by atoms with Crippen LogP contribution in [-0.4, -0.2) is 70.5 Å². The summed E-state index contributed by atoms with van der Waals surface area (Å²) in [5.74, 6) is 1.40. The number of para-hydroxylation sites is 2. The maximum Gasteiger partial charge on any atom is 0.253 e. The van der Waals surface area contributed by atoms with E-state index in [0.29, 0.717) is 49.6 Å². The van der Waals surface area contributed by atoms with Crippen molar-refractivity contribution >= 4 is 15.9 Å². The third kappa shape index (κ3) is 5.16. The highest BCUT2D eigenvalue weighted by Gasteiger charge is 2.28. The van der Waals surface area contributed by atoms with Crippen LogP contribution in [0.1, 0.15) is 30.1 Å². The van der Waals surface area contributed by atoms with Gasteiger partial charge in [-0.25, -0.2) is 12.7 Å². The van der Waals surface area contributed by atoms with Gasteiger partial charge in [0.25, 0.3) is 5.91 Å². The molecule has 0 radical (unpaired) electrons. The minimum atomic E-state index is -3.75. The van der Waals surface area contributed by atoms with Gasteiger partial charge in [-0.1, -0.05) is 12.1 Å². The van der Waals surface area contributed by atoms with Gasteiger partial charge in [-0.15, -0.1) is 0 Å². The van der Waals surface area contributed by atoms with Gasteiger partial charge in [0, 0.05) is 45.6 Å². The molecule has 1 fully saturated rings. The summed E-state index contributed by atoms with van der Waals surface area (Å²) >= 11 is 0. The van der Waals surface area contributed by atoms with Gasteiger partial charge in [-0.3, -0.25) is 4.79 Å². The second kappa shape index (κ2) is 10.2. The Labute approximate surface area is 189 Å². The van der Waals surface area contributed by atoms with E-state index in [0.717, 1.165) is 4.31 Å². The zero-order valence-electron chi connectivity index (χ0n) is 18.9. The van der Waals surface area contributed by atoms with E-state index in [1.165, 1.54) is 33.3 Å². The van der Waals surface area contributed by atoms with Gasteiger partial charge < -0.3 is 19.1 Å². The van der Waals surface area contributed by atoms with Crippen LogP contribution in [0.4, 0.5) is 0 Å². The Kier molecular flexibility index (Phi) is 7.63. The van der Waals surface area contributed by atoms with Gasteiger partial charge >= 0.3 is 0 Å². The van der Waals surface area contributed by atoms with E-state index in [2.05, 4.69) is 0 Å². The SMILES string of the molecule is CCOc1ccccc1OC1CCN(C(=O)c2ccc(OC)c(S(=O)(=O)N(C)C)c2)CC1. The molecule has 9 heteroatoms. The van der Waals surface area contributed by atoms with E-state index in [9.17, 15) is 13.2 Å². The number of amides is 1. The molecule has 0 aromatic heterocycles. The number of carbonyl (C=O) groups is 1. The fourth-order valence-corrected chi connectivity index (χ4v) is 4.64. The molecule has 8 nitrogen and oxygen atoms in total. The number of ether oxygens (including phenoxy) is 3. The first-order valence-electron chi connectivity index (χ1n) is 10.6. The number of nitrogens with zero attached hydrogens (tertiary/aromatic N) is 2. The van der Waals surface area contributed by atoms with Gasteiger partial charge in [0.05, 0.1) is 13.7 Å². The fourth-order valence-electron chi connectivity index (χ4n) is 3.57. The van der Waals surface area contributed by atoms with Crippen molar-refractivity contribution in [1.82, 2.24) is 9.21 Å². The average Bonchev–Trinajstić information content (AvgIpc) is 2.80. The second-order valence-electron chi connectivity index (χ2n) is 7.64. The number of carbonyl (C=O) groups excluding carboxylic acids is 1. The molecular formula is C23H30N2O6S. The number of hydrogen-bond donors (Lipinski definition) is 0. The van der Waals surface area contributed by atoms with Crippen molar-refractivity contribution in [3.63, 3.8) is 0 Å². The monoisotopic (exact) mass is 462 g/mol. The molecule has 3 rings (SSSR count). The first kappa shape index (κ1) is 23.9. The predicted molar refractivity (Wildman–Crippen MR) is 121 cm³/mol. The zero-order valence-corrected chi connectivity index (χ0v) is 19.7. The van der Waals surface area contributed by atoms with Crippen molar-refractivity contribution in [3.8, 4) is 17.2 Å². The molecule has 1 saturated heterocycles. The average molecular weight is 463 g/mol. The van der Waals surface area contributed by atoms with Crippen LogP contribution >= 0.6 is 0 Å². The summed E-state index contributed by atoms with van der Waals surface area (Å²) in [6.07, 6.45) is 1.32. The van der Waals surface area contributed by atoms with Crippen molar-refractivity contribution < 1.29 is 27.4 Å². The van der Waals surface area contributed by atoms with Gasteiger partial charge in [-0.05, 0) is 37.3 Å². The summed E-state index contributed by atoms with van der Waals surface area (Å²) in [4.78, 5) is 14.8. The number of methoxy groups -OCH3 is 1. The van der Waals surface area contributed by atoms with E-state index in [-0.39, 0.29) is 22.7 Å². The van der Waals surface area contributed by atoms with E-state index in [1.807, 2.05) is 31.2 Å². The highest BCUT2D eigenvalue weighted by atomic mass is 32.2. The summed E-state index contributed by atoms with van der Waals surface area (Å²) in [6.45, 7) is 3.51. The molecule has 1 amide bonds. The van der Waals surface area contributed by atoms with E-state index in [4.69, 9.17) is 14.2 Å². The molecule has 1 aliphatic rings. The van der Waals surface area contributed by atoms with Crippen LogP contribution in [0.2, 0.25) is 0 Å². The summed E-state index contributed by atoms with van der Waals surface area (Å²) in [5.41, 5.74) is 0.312. The quantitative estimate of drug-likeness (QED) is 0.600. The minimum Gasteiger partial charge on any atom is -0.495 e. The van der Waals surface area contributed by atoms with Crippen molar-refractivity contribution in [2.45, 2.75) is 30.8 Å². The summed E-state index contributed by atoms with van der Waals surface area (Å²) in [7, 11) is 0.534. The molecule has 2 aromatic carbocycles. The Morgan fingerprint density at radius 2 is 1.72 bits per heavy atom. The van der Waals surface area contributed by atoms with Crippen molar-refractivity contribution in [2.75, 3.05) is 40.9 Å². The maximum absolute atomic E-state index is 13.1. The Morgan fingerprint density at radius 1 is 1.06 bits per heavy atom. The number of piperidine rings is 1. The molecule has 2 aromatic rings. The van der Waals surface area contributed by atoms with Crippen molar-refractivity contribution in [3.05, 3.63) is 48.0 Å². The topological polar surface area (TPSA) is 85.4 Å². The van der Waals surface area contributed by atoms with Gasteiger partial charge in [-0.2, -0.15) is 0 Å². The maximum atomic E-state index is 13.1. The number of benzene rings is 2. The largest absolute Gasteiger partial charge is 0.495 e. The van der Waals surface area contributed by atoms with Crippen LogP contribution < -0.4 is 14.2 Å². The number of hydrogen-bond acceptors (Lipinski definition) is 6.